The standard InChI is InChI=1S/C14H20N4O2S/c1-3-8-15-13-6-4-5-7-14(13)21(19,20)17-10-12-9-16-18(2)11-12/h4-7,9,11,15,17H,3,8,10H2,1-2H3. The highest BCUT2D eigenvalue weighted by atomic mass is 32.2. The third kappa shape index (κ3) is 4.05. The fourth-order valence-electron chi connectivity index (χ4n) is 1.93. The number of rotatable bonds is 7. The Labute approximate surface area is 125 Å². The van der Waals surface area contributed by atoms with Crippen LogP contribution in [-0.2, 0) is 23.6 Å². The van der Waals surface area contributed by atoms with Crippen LogP contribution in [0.3, 0.4) is 0 Å². The Hall–Kier alpha value is -1.86. The Kier molecular flexibility index (Phi) is 4.98. The van der Waals surface area contributed by atoms with Gasteiger partial charge in [-0.05, 0) is 18.6 Å². The number of benzene rings is 1. The van der Waals surface area contributed by atoms with Crippen molar-refractivity contribution in [2.75, 3.05) is 11.9 Å². The summed E-state index contributed by atoms with van der Waals surface area (Å²) >= 11 is 0. The molecule has 0 amide bonds. The number of nitrogens with one attached hydrogen (secondary N) is 2. The van der Waals surface area contributed by atoms with Gasteiger partial charge < -0.3 is 5.32 Å². The zero-order valence-corrected chi connectivity index (χ0v) is 13.0. The number of hydrogen-bond donors (Lipinski definition) is 2. The zero-order valence-electron chi connectivity index (χ0n) is 12.2. The largest absolute Gasteiger partial charge is 0.384 e. The van der Waals surface area contributed by atoms with E-state index in [9.17, 15) is 8.42 Å². The van der Waals surface area contributed by atoms with E-state index in [0.29, 0.717) is 5.69 Å². The minimum absolute atomic E-state index is 0.221. The van der Waals surface area contributed by atoms with Crippen LogP contribution in [0.4, 0.5) is 5.69 Å². The molecular formula is C14H20N4O2S. The first-order valence-electron chi connectivity index (χ1n) is 6.83. The van der Waals surface area contributed by atoms with E-state index in [1.54, 1.807) is 42.3 Å². The average Bonchev–Trinajstić information content (AvgIpc) is 2.89. The molecule has 0 saturated carbocycles. The van der Waals surface area contributed by atoms with Gasteiger partial charge in [-0.3, -0.25) is 4.68 Å². The van der Waals surface area contributed by atoms with Gasteiger partial charge in [0.1, 0.15) is 4.90 Å². The lowest BCUT2D eigenvalue weighted by Gasteiger charge is -2.12. The van der Waals surface area contributed by atoms with Crippen molar-refractivity contribution in [1.82, 2.24) is 14.5 Å². The Morgan fingerprint density at radius 1 is 1.29 bits per heavy atom. The molecule has 1 aromatic heterocycles. The molecule has 114 valence electrons. The highest BCUT2D eigenvalue weighted by Crippen LogP contribution is 2.20. The van der Waals surface area contributed by atoms with E-state index < -0.39 is 10.0 Å². The van der Waals surface area contributed by atoms with Crippen LogP contribution in [0.1, 0.15) is 18.9 Å². The van der Waals surface area contributed by atoms with Gasteiger partial charge in [0.2, 0.25) is 10.0 Å². The summed E-state index contributed by atoms with van der Waals surface area (Å²) in [5.41, 5.74) is 1.44. The molecule has 0 aliphatic heterocycles. The highest BCUT2D eigenvalue weighted by Gasteiger charge is 2.17. The molecule has 21 heavy (non-hydrogen) atoms. The summed E-state index contributed by atoms with van der Waals surface area (Å²) < 4.78 is 29.1. The molecule has 1 heterocycles. The fourth-order valence-corrected chi connectivity index (χ4v) is 3.13. The number of sulfonamides is 1. The third-order valence-electron chi connectivity index (χ3n) is 2.97. The number of para-hydroxylation sites is 1. The maximum absolute atomic E-state index is 12.4. The van der Waals surface area contributed by atoms with Crippen molar-refractivity contribution in [2.45, 2.75) is 24.8 Å². The van der Waals surface area contributed by atoms with E-state index in [2.05, 4.69) is 15.1 Å². The van der Waals surface area contributed by atoms with Crippen LogP contribution < -0.4 is 10.0 Å². The molecule has 6 nitrogen and oxygen atoms in total. The van der Waals surface area contributed by atoms with E-state index >= 15 is 0 Å². The van der Waals surface area contributed by atoms with Gasteiger partial charge in [0.25, 0.3) is 0 Å². The normalized spacial score (nSPS) is 11.5. The second-order valence-corrected chi connectivity index (χ2v) is 6.51. The van der Waals surface area contributed by atoms with Gasteiger partial charge in [-0.1, -0.05) is 19.1 Å². The van der Waals surface area contributed by atoms with E-state index in [1.165, 1.54) is 0 Å². The monoisotopic (exact) mass is 308 g/mol. The molecule has 0 aliphatic carbocycles. The minimum Gasteiger partial charge on any atom is -0.384 e. The summed E-state index contributed by atoms with van der Waals surface area (Å²) in [6, 6.07) is 6.91. The highest BCUT2D eigenvalue weighted by molar-refractivity contribution is 7.89. The molecule has 0 atom stereocenters. The first-order chi connectivity index (χ1) is 10.0. The summed E-state index contributed by atoms with van der Waals surface area (Å²) in [7, 11) is -1.77. The summed E-state index contributed by atoms with van der Waals surface area (Å²) in [6.07, 6.45) is 4.35. The summed E-state index contributed by atoms with van der Waals surface area (Å²) in [6.45, 7) is 2.98. The maximum atomic E-state index is 12.4. The maximum Gasteiger partial charge on any atom is 0.242 e. The van der Waals surface area contributed by atoms with Crippen LogP contribution in [0.2, 0.25) is 0 Å². The second kappa shape index (κ2) is 6.73. The Balaban J connectivity index is 2.15. The van der Waals surface area contributed by atoms with Gasteiger partial charge in [0, 0.05) is 31.9 Å². The van der Waals surface area contributed by atoms with E-state index in [1.807, 2.05) is 13.0 Å². The average molecular weight is 308 g/mol. The molecule has 0 spiro atoms. The lowest BCUT2D eigenvalue weighted by atomic mass is 10.3. The topological polar surface area (TPSA) is 76.0 Å². The van der Waals surface area contributed by atoms with Crippen LogP contribution in [0.5, 0.6) is 0 Å². The number of hydrogen-bond acceptors (Lipinski definition) is 4. The second-order valence-electron chi connectivity index (χ2n) is 4.77. The lowest BCUT2D eigenvalue weighted by molar-refractivity contribution is 0.581. The minimum atomic E-state index is -3.56. The molecule has 2 aromatic rings. The SMILES string of the molecule is CCCNc1ccccc1S(=O)(=O)NCc1cnn(C)c1. The number of anilines is 1. The van der Waals surface area contributed by atoms with Crippen LogP contribution in [-0.4, -0.2) is 24.7 Å². The molecular weight excluding hydrogens is 288 g/mol. The van der Waals surface area contributed by atoms with Crippen molar-refractivity contribution in [2.24, 2.45) is 7.05 Å². The molecule has 0 unspecified atom stereocenters. The summed E-state index contributed by atoms with van der Waals surface area (Å²) in [4.78, 5) is 0.266. The lowest BCUT2D eigenvalue weighted by Crippen LogP contribution is -2.24. The van der Waals surface area contributed by atoms with Crippen LogP contribution in [0, 0.1) is 0 Å². The number of nitrogens with zero attached hydrogens (tertiary/aromatic N) is 2. The van der Waals surface area contributed by atoms with Crippen molar-refractivity contribution in [3.05, 3.63) is 42.2 Å². The predicted octanol–water partition coefficient (Wildman–Crippen LogP) is 1.72. The van der Waals surface area contributed by atoms with E-state index in [0.717, 1.165) is 18.5 Å². The molecule has 0 bridgehead atoms. The van der Waals surface area contributed by atoms with Crippen molar-refractivity contribution in [1.29, 1.82) is 0 Å². The molecule has 0 aliphatic rings. The molecule has 7 heteroatoms. The Bertz CT molecular complexity index is 695. The van der Waals surface area contributed by atoms with Crippen LogP contribution in [0.25, 0.3) is 0 Å². The van der Waals surface area contributed by atoms with Crippen molar-refractivity contribution >= 4 is 15.7 Å². The van der Waals surface area contributed by atoms with E-state index in [-0.39, 0.29) is 11.4 Å². The Morgan fingerprint density at radius 3 is 2.71 bits per heavy atom. The zero-order chi connectivity index (χ0) is 15.3. The van der Waals surface area contributed by atoms with E-state index in [4.69, 9.17) is 0 Å². The molecule has 1 aromatic carbocycles. The van der Waals surface area contributed by atoms with Gasteiger partial charge in [-0.25, -0.2) is 13.1 Å². The summed E-state index contributed by atoms with van der Waals surface area (Å²) in [5.74, 6) is 0. The molecule has 0 radical (unpaired) electrons. The van der Waals surface area contributed by atoms with Crippen molar-refractivity contribution in [3.63, 3.8) is 0 Å². The van der Waals surface area contributed by atoms with Crippen LogP contribution >= 0.6 is 0 Å². The van der Waals surface area contributed by atoms with Gasteiger partial charge in [0.15, 0.2) is 0 Å². The summed E-state index contributed by atoms with van der Waals surface area (Å²) in [5, 5.41) is 7.15. The fraction of sp³-hybridized carbons (Fsp3) is 0.357. The molecule has 0 saturated heterocycles. The molecule has 0 fully saturated rings. The van der Waals surface area contributed by atoms with Crippen molar-refractivity contribution in [3.8, 4) is 0 Å². The quantitative estimate of drug-likeness (QED) is 0.816. The van der Waals surface area contributed by atoms with Gasteiger partial charge in [-0.2, -0.15) is 5.10 Å². The Morgan fingerprint density at radius 2 is 2.05 bits per heavy atom. The van der Waals surface area contributed by atoms with Crippen molar-refractivity contribution < 1.29 is 8.42 Å². The third-order valence-corrected chi connectivity index (χ3v) is 4.43. The first-order valence-corrected chi connectivity index (χ1v) is 8.31. The first kappa shape index (κ1) is 15.5. The predicted molar refractivity (Wildman–Crippen MR) is 82.5 cm³/mol. The van der Waals surface area contributed by atoms with Gasteiger partial charge >= 0.3 is 0 Å². The number of aryl methyl sites for hydroxylation is 1. The number of aromatic nitrogens is 2. The molecule has 2 rings (SSSR count). The van der Waals surface area contributed by atoms with Gasteiger partial charge in [0.05, 0.1) is 11.9 Å². The van der Waals surface area contributed by atoms with Gasteiger partial charge in [-0.15, -0.1) is 0 Å². The molecule has 2 N–H and O–H groups in total. The van der Waals surface area contributed by atoms with Crippen LogP contribution in [0.15, 0.2) is 41.6 Å². The smallest absolute Gasteiger partial charge is 0.242 e.